The molecule has 2 aromatic rings. The van der Waals surface area contributed by atoms with Crippen molar-refractivity contribution in [2.24, 2.45) is 5.73 Å². The van der Waals surface area contributed by atoms with Crippen LogP contribution in [0.4, 0.5) is 0 Å². The number of nitrogen functional groups attached to an aromatic ring is 1. The Morgan fingerprint density at radius 2 is 2.17 bits per heavy atom. The number of nitrogens with one attached hydrogen (secondary N) is 1. The number of thiazole rings is 1. The first kappa shape index (κ1) is 13.3. The van der Waals surface area contributed by atoms with Crippen LogP contribution in [0.1, 0.15) is 17.5 Å². The van der Waals surface area contributed by atoms with Crippen molar-refractivity contribution in [2.45, 2.75) is 13.3 Å². The summed E-state index contributed by atoms with van der Waals surface area (Å²) < 4.78 is 0. The topological polar surface area (TPSA) is 62.8 Å². The van der Waals surface area contributed by atoms with Crippen LogP contribution in [0.3, 0.4) is 0 Å². The molecule has 6 heteroatoms. The molecule has 3 N–H and O–H groups in total. The van der Waals surface area contributed by atoms with Gasteiger partial charge in [0.15, 0.2) is 0 Å². The van der Waals surface area contributed by atoms with Crippen LogP contribution < -0.4 is 5.73 Å². The zero-order valence-electron chi connectivity index (χ0n) is 9.63. The van der Waals surface area contributed by atoms with Crippen LogP contribution >= 0.6 is 34.5 Å². The van der Waals surface area contributed by atoms with Crippen molar-refractivity contribution in [3.05, 3.63) is 38.8 Å². The summed E-state index contributed by atoms with van der Waals surface area (Å²) in [4.78, 5) is 5.19. The molecule has 1 heterocycles. The van der Waals surface area contributed by atoms with E-state index in [-0.39, 0.29) is 5.84 Å². The van der Waals surface area contributed by atoms with Gasteiger partial charge in [-0.2, -0.15) is 0 Å². The number of hydrogen-bond acceptors (Lipinski definition) is 3. The lowest BCUT2D eigenvalue weighted by molar-refractivity contribution is 1.06. The second kappa shape index (κ2) is 5.26. The average molecular weight is 300 g/mol. The SMILES string of the molecule is CCc1nc(-c2ccc(Cl)cc2Cl)sc1C(=N)N. The maximum absolute atomic E-state index is 7.54. The second-order valence-corrected chi connectivity index (χ2v) is 5.53. The van der Waals surface area contributed by atoms with Crippen LogP contribution in [0, 0.1) is 5.41 Å². The Morgan fingerprint density at radius 3 is 2.67 bits per heavy atom. The van der Waals surface area contributed by atoms with Crippen molar-refractivity contribution in [3.8, 4) is 10.6 Å². The van der Waals surface area contributed by atoms with Crippen molar-refractivity contribution in [2.75, 3.05) is 0 Å². The molecular weight excluding hydrogens is 289 g/mol. The smallest absolute Gasteiger partial charge is 0.135 e. The molecule has 1 aromatic carbocycles. The van der Waals surface area contributed by atoms with Gasteiger partial charge in [0, 0.05) is 10.6 Å². The average Bonchev–Trinajstić information content (AvgIpc) is 2.73. The molecular formula is C12H11Cl2N3S. The minimum absolute atomic E-state index is 0.0423. The molecule has 0 fully saturated rings. The second-order valence-electron chi connectivity index (χ2n) is 3.69. The first-order valence-electron chi connectivity index (χ1n) is 5.32. The number of nitrogens with two attached hydrogens (primary N) is 1. The minimum Gasteiger partial charge on any atom is -0.383 e. The van der Waals surface area contributed by atoms with Crippen LogP contribution in [-0.4, -0.2) is 10.8 Å². The van der Waals surface area contributed by atoms with E-state index in [0.29, 0.717) is 14.9 Å². The van der Waals surface area contributed by atoms with Gasteiger partial charge in [-0.1, -0.05) is 30.1 Å². The maximum Gasteiger partial charge on any atom is 0.135 e. The van der Waals surface area contributed by atoms with Gasteiger partial charge in [-0.05, 0) is 24.6 Å². The number of aryl methyl sites for hydroxylation is 1. The molecule has 0 aliphatic heterocycles. The monoisotopic (exact) mass is 299 g/mol. The molecule has 3 nitrogen and oxygen atoms in total. The van der Waals surface area contributed by atoms with Crippen LogP contribution in [0.5, 0.6) is 0 Å². The Hall–Kier alpha value is -1.10. The quantitative estimate of drug-likeness (QED) is 0.665. The summed E-state index contributed by atoms with van der Waals surface area (Å²) in [6.45, 7) is 1.98. The first-order valence-corrected chi connectivity index (χ1v) is 6.89. The Balaban J connectivity index is 2.54. The third-order valence-corrected chi connectivity index (χ3v) is 4.15. The lowest BCUT2D eigenvalue weighted by atomic mass is 10.2. The summed E-state index contributed by atoms with van der Waals surface area (Å²) in [6, 6.07) is 5.27. The van der Waals surface area contributed by atoms with Gasteiger partial charge in [-0.15, -0.1) is 11.3 Å². The van der Waals surface area contributed by atoms with Crippen molar-refractivity contribution in [1.82, 2.24) is 4.98 Å². The molecule has 1 aromatic heterocycles. The van der Waals surface area contributed by atoms with E-state index in [1.807, 2.05) is 13.0 Å². The van der Waals surface area contributed by atoms with Crippen LogP contribution in [0.25, 0.3) is 10.6 Å². The molecule has 0 unspecified atom stereocenters. The largest absolute Gasteiger partial charge is 0.383 e. The van der Waals surface area contributed by atoms with E-state index in [1.165, 1.54) is 11.3 Å². The van der Waals surface area contributed by atoms with E-state index >= 15 is 0 Å². The first-order chi connectivity index (χ1) is 8.52. The zero-order chi connectivity index (χ0) is 13.3. The fourth-order valence-corrected chi connectivity index (χ4v) is 3.19. The van der Waals surface area contributed by atoms with Crippen LogP contribution in [-0.2, 0) is 6.42 Å². The number of rotatable bonds is 3. The molecule has 18 heavy (non-hydrogen) atoms. The van der Waals surface area contributed by atoms with E-state index in [4.69, 9.17) is 34.3 Å². The van der Waals surface area contributed by atoms with E-state index in [1.54, 1.807) is 12.1 Å². The van der Waals surface area contributed by atoms with E-state index in [0.717, 1.165) is 22.7 Å². The number of amidine groups is 1. The molecule has 0 radical (unpaired) electrons. The van der Waals surface area contributed by atoms with Crippen LogP contribution in [0.2, 0.25) is 10.0 Å². The summed E-state index contributed by atoms with van der Waals surface area (Å²) in [6.07, 6.45) is 0.733. The van der Waals surface area contributed by atoms with Gasteiger partial charge in [-0.25, -0.2) is 4.98 Å². The number of benzene rings is 1. The summed E-state index contributed by atoms with van der Waals surface area (Å²) in [5.74, 6) is 0.0423. The summed E-state index contributed by atoms with van der Waals surface area (Å²) >= 11 is 13.4. The predicted molar refractivity (Wildman–Crippen MR) is 78.0 cm³/mol. The highest BCUT2D eigenvalue weighted by atomic mass is 35.5. The number of nitrogens with zero attached hydrogens (tertiary/aromatic N) is 1. The summed E-state index contributed by atoms with van der Waals surface area (Å²) in [7, 11) is 0. The molecule has 0 bridgehead atoms. The van der Waals surface area contributed by atoms with Gasteiger partial charge < -0.3 is 5.73 Å². The number of aromatic nitrogens is 1. The normalized spacial score (nSPS) is 10.6. The fourth-order valence-electron chi connectivity index (χ4n) is 1.58. The molecule has 0 atom stereocenters. The molecule has 0 amide bonds. The lowest BCUT2D eigenvalue weighted by Crippen LogP contribution is -2.11. The van der Waals surface area contributed by atoms with Gasteiger partial charge in [0.1, 0.15) is 10.8 Å². The Kier molecular flexibility index (Phi) is 3.90. The number of halogens is 2. The zero-order valence-corrected chi connectivity index (χ0v) is 12.0. The number of hydrogen-bond donors (Lipinski definition) is 2. The molecule has 0 saturated heterocycles. The van der Waals surface area contributed by atoms with Crippen molar-refractivity contribution >= 4 is 40.4 Å². The van der Waals surface area contributed by atoms with Gasteiger partial charge in [0.2, 0.25) is 0 Å². The third kappa shape index (κ3) is 2.51. The minimum atomic E-state index is 0.0423. The summed E-state index contributed by atoms with van der Waals surface area (Å²) in [5.41, 5.74) is 7.18. The Bertz CT molecular complexity index is 607. The highest BCUT2D eigenvalue weighted by molar-refractivity contribution is 7.17. The third-order valence-electron chi connectivity index (χ3n) is 2.44. The molecule has 0 aliphatic carbocycles. The van der Waals surface area contributed by atoms with Gasteiger partial charge in [0.25, 0.3) is 0 Å². The highest BCUT2D eigenvalue weighted by Gasteiger charge is 2.15. The van der Waals surface area contributed by atoms with Gasteiger partial charge >= 0.3 is 0 Å². The van der Waals surface area contributed by atoms with Gasteiger partial charge in [-0.3, -0.25) is 5.41 Å². The molecule has 94 valence electrons. The van der Waals surface area contributed by atoms with E-state index < -0.39 is 0 Å². The summed E-state index contributed by atoms with van der Waals surface area (Å²) in [5, 5.41) is 9.44. The van der Waals surface area contributed by atoms with Crippen molar-refractivity contribution in [1.29, 1.82) is 5.41 Å². The standard InChI is InChI=1S/C12H11Cl2N3S/c1-2-9-10(11(15)16)18-12(17-9)7-4-3-6(13)5-8(7)14/h3-5H,2H2,1H3,(H3,15,16). The lowest BCUT2D eigenvalue weighted by Gasteiger charge is -2.00. The van der Waals surface area contributed by atoms with E-state index in [2.05, 4.69) is 4.98 Å². The van der Waals surface area contributed by atoms with Crippen LogP contribution in [0.15, 0.2) is 18.2 Å². The van der Waals surface area contributed by atoms with Crippen molar-refractivity contribution in [3.63, 3.8) is 0 Å². The maximum atomic E-state index is 7.54. The molecule has 0 spiro atoms. The molecule has 2 rings (SSSR count). The fraction of sp³-hybridized carbons (Fsp3) is 0.167. The predicted octanol–water partition coefficient (Wildman–Crippen LogP) is 3.96. The Morgan fingerprint density at radius 1 is 1.44 bits per heavy atom. The van der Waals surface area contributed by atoms with E-state index in [9.17, 15) is 0 Å². The Labute approximate surface area is 119 Å². The van der Waals surface area contributed by atoms with Crippen molar-refractivity contribution < 1.29 is 0 Å². The molecule has 0 saturated carbocycles. The van der Waals surface area contributed by atoms with Gasteiger partial charge in [0.05, 0.1) is 15.6 Å². The highest BCUT2D eigenvalue weighted by Crippen LogP contribution is 2.34. The molecule has 0 aliphatic rings.